The summed E-state index contributed by atoms with van der Waals surface area (Å²) in [6, 6.07) is 7.73. The van der Waals surface area contributed by atoms with Gasteiger partial charge >= 0.3 is 5.63 Å². The highest BCUT2D eigenvalue weighted by Gasteiger charge is 2.13. The second kappa shape index (κ2) is 4.63. The van der Waals surface area contributed by atoms with E-state index in [0.29, 0.717) is 21.9 Å². The summed E-state index contributed by atoms with van der Waals surface area (Å²) in [5.74, 6) is 0.258. The Morgan fingerprint density at radius 1 is 0.955 bits per heavy atom. The van der Waals surface area contributed by atoms with E-state index in [9.17, 15) is 9.59 Å². The van der Waals surface area contributed by atoms with Crippen LogP contribution in [0.25, 0.3) is 33.3 Å². The standard InChI is InChI=1S/C16H8N2O4/c19-12-4-7-21-14-9(12)2-3-13-10(14)8-11(16(20)22-13)15-17-5-1-6-18-15/h1-8H. The Hall–Kier alpha value is -3.28. The van der Waals surface area contributed by atoms with Crippen LogP contribution < -0.4 is 11.1 Å². The molecule has 3 aromatic heterocycles. The third kappa shape index (κ3) is 1.81. The summed E-state index contributed by atoms with van der Waals surface area (Å²) < 4.78 is 10.7. The van der Waals surface area contributed by atoms with Gasteiger partial charge < -0.3 is 8.83 Å². The molecular weight excluding hydrogens is 284 g/mol. The van der Waals surface area contributed by atoms with E-state index in [2.05, 4.69) is 9.97 Å². The first kappa shape index (κ1) is 12.5. The monoisotopic (exact) mass is 292 g/mol. The molecule has 0 radical (unpaired) electrons. The van der Waals surface area contributed by atoms with E-state index in [0.717, 1.165) is 0 Å². The first-order chi connectivity index (χ1) is 10.7. The fourth-order valence-corrected chi connectivity index (χ4v) is 2.33. The molecule has 0 fully saturated rings. The summed E-state index contributed by atoms with van der Waals surface area (Å²) in [4.78, 5) is 32.1. The van der Waals surface area contributed by atoms with Crippen LogP contribution in [-0.2, 0) is 0 Å². The molecule has 4 aromatic rings. The molecule has 0 aliphatic rings. The minimum absolute atomic E-state index is 0.160. The molecule has 0 unspecified atom stereocenters. The number of benzene rings is 1. The molecule has 0 aliphatic carbocycles. The maximum atomic E-state index is 12.1. The van der Waals surface area contributed by atoms with Crippen molar-refractivity contribution in [1.82, 2.24) is 9.97 Å². The van der Waals surface area contributed by atoms with Crippen LogP contribution in [0.1, 0.15) is 0 Å². The molecule has 0 saturated carbocycles. The van der Waals surface area contributed by atoms with Crippen LogP contribution in [0.15, 0.2) is 67.4 Å². The average molecular weight is 292 g/mol. The van der Waals surface area contributed by atoms with Crippen LogP contribution in [0.5, 0.6) is 0 Å². The van der Waals surface area contributed by atoms with E-state index in [1.54, 1.807) is 24.3 Å². The van der Waals surface area contributed by atoms with Crippen LogP contribution >= 0.6 is 0 Å². The quantitative estimate of drug-likeness (QED) is 0.395. The zero-order valence-corrected chi connectivity index (χ0v) is 11.1. The second-order valence-corrected chi connectivity index (χ2v) is 4.66. The van der Waals surface area contributed by atoms with Gasteiger partial charge in [-0.1, -0.05) is 0 Å². The van der Waals surface area contributed by atoms with Crippen LogP contribution in [0, 0.1) is 0 Å². The normalized spacial score (nSPS) is 11.1. The van der Waals surface area contributed by atoms with Gasteiger partial charge in [0.2, 0.25) is 0 Å². The van der Waals surface area contributed by atoms with Crippen molar-refractivity contribution in [2.75, 3.05) is 0 Å². The SMILES string of the molecule is O=c1oc2ccc3c(=O)ccoc3c2cc1-c1ncccn1. The molecule has 0 spiro atoms. The largest absolute Gasteiger partial charge is 0.463 e. The highest BCUT2D eigenvalue weighted by molar-refractivity contribution is 6.02. The fraction of sp³-hybridized carbons (Fsp3) is 0. The molecule has 6 heteroatoms. The molecule has 106 valence electrons. The van der Waals surface area contributed by atoms with E-state index in [-0.39, 0.29) is 16.8 Å². The van der Waals surface area contributed by atoms with Crippen LogP contribution in [0.2, 0.25) is 0 Å². The fourth-order valence-electron chi connectivity index (χ4n) is 2.33. The second-order valence-electron chi connectivity index (χ2n) is 4.66. The molecule has 22 heavy (non-hydrogen) atoms. The van der Waals surface area contributed by atoms with E-state index < -0.39 is 5.63 Å². The van der Waals surface area contributed by atoms with E-state index in [1.165, 1.54) is 24.7 Å². The Labute approximate surface area is 122 Å². The average Bonchev–Trinajstić information content (AvgIpc) is 2.55. The van der Waals surface area contributed by atoms with E-state index in [1.807, 2.05) is 0 Å². The van der Waals surface area contributed by atoms with Gasteiger partial charge in [0.1, 0.15) is 16.7 Å². The Morgan fingerprint density at radius 2 is 1.77 bits per heavy atom. The maximum absolute atomic E-state index is 12.1. The van der Waals surface area contributed by atoms with Gasteiger partial charge in [-0.3, -0.25) is 4.79 Å². The lowest BCUT2D eigenvalue weighted by Crippen LogP contribution is -2.06. The van der Waals surface area contributed by atoms with Gasteiger partial charge in [-0.25, -0.2) is 14.8 Å². The molecule has 6 nitrogen and oxygen atoms in total. The van der Waals surface area contributed by atoms with Crippen molar-refractivity contribution in [3.63, 3.8) is 0 Å². The molecule has 0 bridgehead atoms. The van der Waals surface area contributed by atoms with Gasteiger partial charge in [0, 0.05) is 18.5 Å². The molecule has 1 aromatic carbocycles. The van der Waals surface area contributed by atoms with E-state index in [4.69, 9.17) is 8.83 Å². The molecule has 4 rings (SSSR count). The van der Waals surface area contributed by atoms with Gasteiger partial charge in [0.05, 0.1) is 17.0 Å². The van der Waals surface area contributed by atoms with Crippen molar-refractivity contribution >= 4 is 21.9 Å². The van der Waals surface area contributed by atoms with Gasteiger partial charge in [0.15, 0.2) is 11.3 Å². The Kier molecular flexibility index (Phi) is 2.62. The van der Waals surface area contributed by atoms with Crippen molar-refractivity contribution in [3.05, 3.63) is 69.6 Å². The number of hydrogen-bond donors (Lipinski definition) is 0. The number of nitrogens with zero attached hydrogens (tertiary/aromatic N) is 2. The molecule has 0 atom stereocenters. The molecular formula is C16H8N2O4. The van der Waals surface area contributed by atoms with Crippen molar-refractivity contribution in [2.24, 2.45) is 0 Å². The molecule has 0 aliphatic heterocycles. The number of rotatable bonds is 1. The minimum atomic E-state index is -0.545. The first-order valence-corrected chi connectivity index (χ1v) is 6.50. The Balaban J connectivity index is 2.15. The summed E-state index contributed by atoms with van der Waals surface area (Å²) >= 11 is 0. The molecule has 0 amide bonds. The zero-order valence-electron chi connectivity index (χ0n) is 11.1. The van der Waals surface area contributed by atoms with Crippen LogP contribution in [0.3, 0.4) is 0 Å². The van der Waals surface area contributed by atoms with Gasteiger partial charge in [-0.2, -0.15) is 0 Å². The topological polar surface area (TPSA) is 86.2 Å². The molecule has 0 saturated heterocycles. The third-order valence-corrected chi connectivity index (χ3v) is 3.34. The molecule has 3 heterocycles. The Bertz CT molecular complexity index is 1110. The zero-order chi connectivity index (χ0) is 15.1. The number of fused-ring (bicyclic) bond motifs is 3. The maximum Gasteiger partial charge on any atom is 0.347 e. The summed E-state index contributed by atoms with van der Waals surface area (Å²) in [5.41, 5.74) is 0.216. The van der Waals surface area contributed by atoms with Gasteiger partial charge in [-0.15, -0.1) is 0 Å². The van der Waals surface area contributed by atoms with Gasteiger partial charge in [0.25, 0.3) is 0 Å². The van der Waals surface area contributed by atoms with Crippen molar-refractivity contribution in [3.8, 4) is 11.4 Å². The lowest BCUT2D eigenvalue weighted by Gasteiger charge is -2.03. The lowest BCUT2D eigenvalue weighted by molar-refractivity contribution is 0.560. The molecule has 0 N–H and O–H groups in total. The van der Waals surface area contributed by atoms with Crippen LogP contribution in [0.4, 0.5) is 0 Å². The first-order valence-electron chi connectivity index (χ1n) is 6.50. The minimum Gasteiger partial charge on any atom is -0.463 e. The smallest absolute Gasteiger partial charge is 0.347 e. The Morgan fingerprint density at radius 3 is 2.59 bits per heavy atom. The van der Waals surface area contributed by atoms with E-state index >= 15 is 0 Å². The van der Waals surface area contributed by atoms with Crippen molar-refractivity contribution in [1.29, 1.82) is 0 Å². The summed E-state index contributed by atoms with van der Waals surface area (Å²) in [5, 5.41) is 0.945. The van der Waals surface area contributed by atoms with Crippen LogP contribution in [-0.4, -0.2) is 9.97 Å². The number of aromatic nitrogens is 2. The number of hydrogen-bond acceptors (Lipinski definition) is 6. The summed E-state index contributed by atoms with van der Waals surface area (Å²) in [7, 11) is 0. The predicted octanol–water partition coefficient (Wildman–Crippen LogP) is 2.36. The van der Waals surface area contributed by atoms with Crippen molar-refractivity contribution < 1.29 is 8.83 Å². The highest BCUT2D eigenvalue weighted by Crippen LogP contribution is 2.25. The predicted molar refractivity (Wildman–Crippen MR) is 79.6 cm³/mol. The summed E-state index contributed by atoms with van der Waals surface area (Å²) in [6.07, 6.45) is 4.39. The third-order valence-electron chi connectivity index (χ3n) is 3.34. The van der Waals surface area contributed by atoms with Crippen molar-refractivity contribution in [2.45, 2.75) is 0 Å². The lowest BCUT2D eigenvalue weighted by atomic mass is 10.1. The van der Waals surface area contributed by atoms with Gasteiger partial charge in [-0.05, 0) is 24.3 Å². The summed E-state index contributed by atoms with van der Waals surface area (Å²) in [6.45, 7) is 0. The highest BCUT2D eigenvalue weighted by atomic mass is 16.4.